The van der Waals surface area contributed by atoms with Crippen LogP contribution in [0.3, 0.4) is 0 Å². The zero-order valence-corrected chi connectivity index (χ0v) is 30.8. The summed E-state index contributed by atoms with van der Waals surface area (Å²) in [5.41, 5.74) is 6.65. The first kappa shape index (κ1) is 30.7. The van der Waals surface area contributed by atoms with E-state index in [1.807, 2.05) is 23.5 Å². The van der Waals surface area contributed by atoms with Crippen molar-refractivity contribution in [3.05, 3.63) is 164 Å². The van der Waals surface area contributed by atoms with E-state index in [1.165, 1.54) is 40.3 Å². The topological polar surface area (TPSA) is 51.8 Å². The van der Waals surface area contributed by atoms with Crippen LogP contribution in [-0.2, 0) is 0 Å². The van der Waals surface area contributed by atoms with Crippen LogP contribution >= 0.6 is 22.7 Å². The monoisotopic (exact) mass is 737 g/mol. The first-order chi connectivity index (χ1) is 27.2. The Bertz CT molecular complexity index is 3520. The molecule has 4 aromatic heterocycles. The van der Waals surface area contributed by atoms with Gasteiger partial charge in [-0.2, -0.15) is 0 Å². The lowest BCUT2D eigenvalue weighted by molar-refractivity contribution is 0.669. The number of aromatic nitrogens is 3. The molecule has 0 fully saturated rings. The van der Waals surface area contributed by atoms with E-state index in [1.54, 1.807) is 11.3 Å². The van der Waals surface area contributed by atoms with E-state index in [2.05, 4.69) is 152 Å². The molecule has 8 aromatic carbocycles. The fourth-order valence-corrected chi connectivity index (χ4v) is 10.6. The van der Waals surface area contributed by atoms with Gasteiger partial charge in [-0.1, -0.05) is 115 Å². The lowest BCUT2D eigenvalue weighted by Crippen LogP contribution is -2.02. The largest absolute Gasteiger partial charge is 0.456 e. The second-order valence-corrected chi connectivity index (χ2v) is 16.0. The number of hydrogen-bond donors (Lipinski definition) is 0. The Kier molecular flexibility index (Phi) is 6.64. The van der Waals surface area contributed by atoms with Crippen LogP contribution in [-0.4, -0.2) is 15.0 Å². The van der Waals surface area contributed by atoms with Gasteiger partial charge in [0.2, 0.25) is 0 Å². The zero-order valence-electron chi connectivity index (χ0n) is 29.2. The molecule has 0 atom stereocenters. The summed E-state index contributed by atoms with van der Waals surface area (Å²) in [6.45, 7) is 0. The van der Waals surface area contributed by atoms with Gasteiger partial charge in [-0.05, 0) is 70.4 Å². The van der Waals surface area contributed by atoms with Gasteiger partial charge < -0.3 is 4.42 Å². The van der Waals surface area contributed by atoms with Crippen molar-refractivity contribution in [3.63, 3.8) is 0 Å². The summed E-state index contributed by atoms with van der Waals surface area (Å²) in [6, 6.07) is 57.8. The number of fused-ring (bicyclic) bond motifs is 10. The maximum atomic E-state index is 6.55. The van der Waals surface area contributed by atoms with E-state index in [-0.39, 0.29) is 0 Å². The van der Waals surface area contributed by atoms with E-state index in [0.29, 0.717) is 17.5 Å². The number of furan rings is 1. The Morgan fingerprint density at radius 2 is 0.964 bits per heavy atom. The Morgan fingerprint density at radius 3 is 1.75 bits per heavy atom. The summed E-state index contributed by atoms with van der Waals surface area (Å²) < 4.78 is 11.5. The number of rotatable bonds is 4. The van der Waals surface area contributed by atoms with Gasteiger partial charge in [0.1, 0.15) is 11.2 Å². The van der Waals surface area contributed by atoms with Gasteiger partial charge in [0, 0.05) is 67.8 Å². The molecule has 0 bridgehead atoms. The van der Waals surface area contributed by atoms with Crippen LogP contribution in [0, 0.1) is 0 Å². The summed E-state index contributed by atoms with van der Waals surface area (Å²) in [7, 11) is 0. The molecule has 0 aliphatic carbocycles. The quantitative estimate of drug-likeness (QED) is 0.180. The molecule has 0 aliphatic rings. The maximum Gasteiger partial charge on any atom is 0.165 e. The Morgan fingerprint density at radius 1 is 0.364 bits per heavy atom. The lowest BCUT2D eigenvalue weighted by atomic mass is 9.92. The van der Waals surface area contributed by atoms with Crippen LogP contribution in [0.15, 0.2) is 168 Å². The smallest absolute Gasteiger partial charge is 0.165 e. The van der Waals surface area contributed by atoms with Crippen molar-refractivity contribution >= 4 is 95.7 Å². The van der Waals surface area contributed by atoms with Crippen LogP contribution in [0.2, 0.25) is 0 Å². The third-order valence-corrected chi connectivity index (χ3v) is 13.0. The predicted octanol–water partition coefficient (Wildman–Crippen LogP) is 14.3. The van der Waals surface area contributed by atoms with Crippen LogP contribution in [0.5, 0.6) is 0 Å². The van der Waals surface area contributed by atoms with Crippen molar-refractivity contribution in [1.29, 1.82) is 0 Å². The van der Waals surface area contributed by atoms with Crippen LogP contribution in [0.4, 0.5) is 0 Å². The number of thiophene rings is 2. The fourth-order valence-electron chi connectivity index (χ4n) is 8.30. The van der Waals surface area contributed by atoms with Gasteiger partial charge in [0.15, 0.2) is 17.5 Å². The maximum absolute atomic E-state index is 6.55. The highest BCUT2D eigenvalue weighted by Crippen LogP contribution is 2.47. The van der Waals surface area contributed by atoms with Crippen molar-refractivity contribution in [3.8, 4) is 45.3 Å². The van der Waals surface area contributed by atoms with E-state index < -0.39 is 0 Å². The van der Waals surface area contributed by atoms with Gasteiger partial charge in [0.05, 0.1) is 0 Å². The standard InChI is InChI=1S/C49H27N3OS2/c1-2-12-29-27-30(24-23-28(29)11-1)47-50-48(36-17-10-22-42-44(36)35-15-5-8-20-40(35)55-42)52-49(51-47)46-32(25-26-38-45(46)33-13-3-6-18-37(33)53-38)31-16-9-21-41-43(31)34-14-4-7-19-39(34)54-41/h1-27H. The minimum atomic E-state index is 0.605. The summed E-state index contributed by atoms with van der Waals surface area (Å²) >= 11 is 3.62. The van der Waals surface area contributed by atoms with Gasteiger partial charge >= 0.3 is 0 Å². The SMILES string of the molecule is c1ccc2cc(-c3nc(-c4c(-c5cccc6sc7ccccc7c56)ccc5oc6ccccc6c45)nc(-c4cccc5sc6ccccc6c45)n3)ccc2c1. The molecular formula is C49H27N3OS2. The Hall–Kier alpha value is -6.73. The third-order valence-electron chi connectivity index (χ3n) is 10.7. The molecule has 0 aliphatic heterocycles. The summed E-state index contributed by atoms with van der Waals surface area (Å²) in [6.07, 6.45) is 0. The number of nitrogens with zero attached hydrogens (tertiary/aromatic N) is 3. The molecule has 0 unspecified atom stereocenters. The molecule has 0 saturated heterocycles. The van der Waals surface area contributed by atoms with Gasteiger partial charge in [-0.25, -0.2) is 15.0 Å². The molecule has 0 N–H and O–H groups in total. The van der Waals surface area contributed by atoms with E-state index in [9.17, 15) is 0 Å². The molecule has 12 aromatic rings. The van der Waals surface area contributed by atoms with Crippen LogP contribution in [0.25, 0.3) is 118 Å². The first-order valence-corrected chi connectivity index (χ1v) is 19.9. The first-order valence-electron chi connectivity index (χ1n) is 18.3. The Labute approximate surface area is 322 Å². The average molecular weight is 738 g/mol. The normalized spacial score (nSPS) is 12.0. The van der Waals surface area contributed by atoms with Crippen LogP contribution < -0.4 is 0 Å². The number of hydrogen-bond acceptors (Lipinski definition) is 6. The molecule has 0 saturated carbocycles. The van der Waals surface area contributed by atoms with Crippen LogP contribution in [0.1, 0.15) is 0 Å². The summed E-state index contributed by atoms with van der Waals surface area (Å²) in [5, 5.41) is 9.15. The molecule has 12 rings (SSSR count). The van der Waals surface area contributed by atoms with Crippen molar-refractivity contribution in [2.24, 2.45) is 0 Å². The molecule has 0 amide bonds. The molecule has 0 spiro atoms. The third kappa shape index (κ3) is 4.72. The molecule has 55 heavy (non-hydrogen) atoms. The highest BCUT2D eigenvalue weighted by atomic mass is 32.1. The minimum Gasteiger partial charge on any atom is -0.456 e. The van der Waals surface area contributed by atoms with Crippen molar-refractivity contribution in [2.75, 3.05) is 0 Å². The van der Waals surface area contributed by atoms with Crippen molar-refractivity contribution < 1.29 is 4.42 Å². The number of benzene rings is 8. The molecule has 6 heteroatoms. The van der Waals surface area contributed by atoms with E-state index in [0.717, 1.165) is 60.5 Å². The lowest BCUT2D eigenvalue weighted by Gasteiger charge is -2.15. The average Bonchev–Trinajstić information content (AvgIpc) is 3.94. The summed E-state index contributed by atoms with van der Waals surface area (Å²) in [4.78, 5) is 16.2. The fraction of sp³-hybridized carbons (Fsp3) is 0. The van der Waals surface area contributed by atoms with Gasteiger partial charge in [-0.15, -0.1) is 22.7 Å². The van der Waals surface area contributed by atoms with Crippen molar-refractivity contribution in [2.45, 2.75) is 0 Å². The number of para-hydroxylation sites is 1. The van der Waals surface area contributed by atoms with Gasteiger partial charge in [-0.3, -0.25) is 0 Å². The Balaban J connectivity index is 1.23. The van der Waals surface area contributed by atoms with Crippen molar-refractivity contribution in [1.82, 2.24) is 15.0 Å². The zero-order chi connectivity index (χ0) is 36.0. The highest BCUT2D eigenvalue weighted by Gasteiger charge is 2.24. The second kappa shape index (κ2) is 11.9. The predicted molar refractivity (Wildman–Crippen MR) is 232 cm³/mol. The van der Waals surface area contributed by atoms with E-state index in [4.69, 9.17) is 19.4 Å². The molecule has 256 valence electrons. The second-order valence-electron chi connectivity index (χ2n) is 13.9. The van der Waals surface area contributed by atoms with E-state index >= 15 is 0 Å². The molecule has 4 heterocycles. The van der Waals surface area contributed by atoms with Gasteiger partial charge in [0.25, 0.3) is 0 Å². The molecule has 0 radical (unpaired) electrons. The highest BCUT2D eigenvalue weighted by molar-refractivity contribution is 7.26. The molecule has 4 nitrogen and oxygen atoms in total. The molecular weight excluding hydrogens is 711 g/mol. The minimum absolute atomic E-state index is 0.605. The summed E-state index contributed by atoms with van der Waals surface area (Å²) in [5.74, 6) is 1.86.